The van der Waals surface area contributed by atoms with Gasteiger partial charge >= 0.3 is 0 Å². The molecule has 0 aromatic heterocycles. The number of allylic oxidation sites excluding steroid dienone is 2. The molecule has 0 aliphatic heterocycles. The first-order valence-electron chi connectivity index (χ1n) is 3.59. The van der Waals surface area contributed by atoms with Gasteiger partial charge in [0.15, 0.2) is 0 Å². The van der Waals surface area contributed by atoms with Gasteiger partial charge in [0.05, 0.1) is 10.8 Å². The Kier molecular flexibility index (Phi) is 3.48. The summed E-state index contributed by atoms with van der Waals surface area (Å²) in [7, 11) is -1.04. The van der Waals surface area contributed by atoms with E-state index in [1.54, 1.807) is 17.6 Å². The molecule has 0 amide bonds. The van der Waals surface area contributed by atoms with Crippen LogP contribution < -0.4 is 0 Å². The van der Waals surface area contributed by atoms with Crippen LogP contribution in [-0.2, 0) is 10.8 Å². The summed E-state index contributed by atoms with van der Waals surface area (Å²) < 4.78 is 11.4. The molecule has 1 aromatic carbocycles. The van der Waals surface area contributed by atoms with Crippen LogP contribution in [0.4, 0.5) is 0 Å². The van der Waals surface area contributed by atoms with Gasteiger partial charge in [-0.05, 0) is 12.1 Å². The van der Waals surface area contributed by atoms with Gasteiger partial charge < -0.3 is 0 Å². The normalized spacial score (nSPS) is 13.0. The van der Waals surface area contributed by atoms with E-state index in [1.165, 1.54) is 0 Å². The summed E-state index contributed by atoms with van der Waals surface area (Å²) in [6.45, 7) is 3.51. The van der Waals surface area contributed by atoms with Gasteiger partial charge in [0.2, 0.25) is 0 Å². The molecule has 0 heterocycles. The van der Waals surface area contributed by atoms with Crippen LogP contribution in [0.3, 0.4) is 0 Å². The summed E-state index contributed by atoms with van der Waals surface area (Å²) in [4.78, 5) is 0.815. The second-order valence-electron chi connectivity index (χ2n) is 2.17. The minimum Gasteiger partial charge on any atom is -0.250 e. The van der Waals surface area contributed by atoms with Crippen molar-refractivity contribution >= 4 is 10.8 Å². The molecule has 0 N–H and O–H groups in total. The highest BCUT2D eigenvalue weighted by atomic mass is 32.2. The second kappa shape index (κ2) is 4.67. The van der Waals surface area contributed by atoms with E-state index in [0.717, 1.165) is 4.90 Å². The Morgan fingerprint density at radius 3 is 2.50 bits per heavy atom. The van der Waals surface area contributed by atoms with E-state index >= 15 is 0 Å². The van der Waals surface area contributed by atoms with Crippen molar-refractivity contribution in [1.82, 2.24) is 0 Å². The number of rotatable bonds is 3. The molecule has 0 saturated heterocycles. The first-order valence-corrected chi connectivity index (χ1v) is 4.81. The third-order valence-electron chi connectivity index (χ3n) is 1.31. The van der Waals surface area contributed by atoms with Crippen molar-refractivity contribution in [3.8, 4) is 0 Å². The molecule has 2 heteroatoms. The Morgan fingerprint density at radius 2 is 1.92 bits per heavy atom. The van der Waals surface area contributed by atoms with E-state index in [-0.39, 0.29) is 0 Å². The van der Waals surface area contributed by atoms with Crippen molar-refractivity contribution in [2.75, 3.05) is 0 Å². The lowest BCUT2D eigenvalue weighted by atomic mass is 10.4. The van der Waals surface area contributed by atoms with E-state index in [0.29, 0.717) is 0 Å². The van der Waals surface area contributed by atoms with Gasteiger partial charge in [-0.2, -0.15) is 0 Å². The van der Waals surface area contributed by atoms with Crippen LogP contribution >= 0.6 is 0 Å². The van der Waals surface area contributed by atoms with Gasteiger partial charge in [0, 0.05) is 10.3 Å². The largest absolute Gasteiger partial charge is 0.250 e. The number of hydrogen-bond donors (Lipinski definition) is 0. The molecule has 12 heavy (non-hydrogen) atoms. The Balaban J connectivity index is 2.79. The fourth-order valence-corrected chi connectivity index (χ4v) is 1.60. The predicted molar refractivity (Wildman–Crippen MR) is 52.2 cm³/mol. The van der Waals surface area contributed by atoms with Gasteiger partial charge in [-0.3, -0.25) is 0 Å². The monoisotopic (exact) mass is 178 g/mol. The molecule has 0 aliphatic rings. The highest BCUT2D eigenvalue weighted by Gasteiger charge is 1.95. The SMILES string of the molecule is C=C/C=C/S(=O)c1ccccc1. The third-order valence-corrected chi connectivity index (χ3v) is 2.45. The fraction of sp³-hybridized carbons (Fsp3) is 0. The number of hydrogen-bond acceptors (Lipinski definition) is 1. The van der Waals surface area contributed by atoms with E-state index < -0.39 is 10.8 Å². The van der Waals surface area contributed by atoms with Crippen LogP contribution in [0.25, 0.3) is 0 Å². The summed E-state index contributed by atoms with van der Waals surface area (Å²) in [5.74, 6) is 0. The van der Waals surface area contributed by atoms with Gasteiger partial charge in [0.1, 0.15) is 0 Å². The van der Waals surface area contributed by atoms with Crippen LogP contribution in [0.1, 0.15) is 0 Å². The average Bonchev–Trinajstić information content (AvgIpc) is 2.15. The molecule has 0 fully saturated rings. The predicted octanol–water partition coefficient (Wildman–Crippen LogP) is 2.49. The maximum atomic E-state index is 11.4. The Hall–Kier alpha value is -1.15. The lowest BCUT2D eigenvalue weighted by Gasteiger charge is -1.93. The van der Waals surface area contributed by atoms with Crippen LogP contribution in [0.5, 0.6) is 0 Å². The maximum Gasteiger partial charge on any atom is 0.0775 e. The van der Waals surface area contributed by atoms with Gasteiger partial charge in [0.25, 0.3) is 0 Å². The van der Waals surface area contributed by atoms with E-state index in [2.05, 4.69) is 6.58 Å². The van der Waals surface area contributed by atoms with Crippen LogP contribution in [0.15, 0.2) is 59.4 Å². The van der Waals surface area contributed by atoms with E-state index in [1.807, 2.05) is 30.3 Å². The van der Waals surface area contributed by atoms with Crippen molar-refractivity contribution in [2.45, 2.75) is 4.90 Å². The number of benzene rings is 1. The third kappa shape index (κ3) is 2.47. The van der Waals surface area contributed by atoms with Crippen LogP contribution in [-0.4, -0.2) is 4.21 Å². The Morgan fingerprint density at radius 1 is 1.25 bits per heavy atom. The average molecular weight is 178 g/mol. The molecule has 0 saturated carbocycles. The van der Waals surface area contributed by atoms with Crippen LogP contribution in [0.2, 0.25) is 0 Å². The van der Waals surface area contributed by atoms with Crippen molar-refractivity contribution in [2.24, 2.45) is 0 Å². The van der Waals surface area contributed by atoms with Gasteiger partial charge in [-0.1, -0.05) is 36.9 Å². The summed E-state index contributed by atoms with van der Waals surface area (Å²) in [5.41, 5.74) is 0. The van der Waals surface area contributed by atoms with Crippen LogP contribution in [0, 0.1) is 0 Å². The first kappa shape index (κ1) is 8.94. The molecular weight excluding hydrogens is 168 g/mol. The molecule has 1 nitrogen and oxygen atoms in total. The van der Waals surface area contributed by atoms with Crippen molar-refractivity contribution < 1.29 is 4.21 Å². The quantitative estimate of drug-likeness (QED) is 0.650. The Labute approximate surface area is 74.9 Å². The van der Waals surface area contributed by atoms with Crippen molar-refractivity contribution in [3.63, 3.8) is 0 Å². The minimum absolute atomic E-state index is 0.815. The molecular formula is C10H10OS. The van der Waals surface area contributed by atoms with Gasteiger partial charge in [-0.15, -0.1) is 0 Å². The molecule has 1 rings (SSSR count). The van der Waals surface area contributed by atoms with Gasteiger partial charge in [-0.25, -0.2) is 4.21 Å². The summed E-state index contributed by atoms with van der Waals surface area (Å²) in [5, 5.41) is 1.61. The molecule has 1 unspecified atom stereocenters. The zero-order valence-corrected chi connectivity index (χ0v) is 7.46. The fourth-order valence-electron chi connectivity index (χ4n) is 0.760. The molecule has 0 bridgehead atoms. The minimum atomic E-state index is -1.04. The smallest absolute Gasteiger partial charge is 0.0775 e. The van der Waals surface area contributed by atoms with E-state index in [4.69, 9.17) is 0 Å². The lowest BCUT2D eigenvalue weighted by Crippen LogP contribution is -1.83. The molecule has 1 atom stereocenters. The lowest BCUT2D eigenvalue weighted by molar-refractivity contribution is 0.688. The Bertz CT molecular complexity index is 301. The summed E-state index contributed by atoms with van der Waals surface area (Å²) in [6, 6.07) is 9.31. The van der Waals surface area contributed by atoms with Crippen molar-refractivity contribution in [3.05, 3.63) is 54.5 Å². The molecule has 0 radical (unpaired) electrons. The second-order valence-corrected chi connectivity index (χ2v) is 3.51. The highest BCUT2D eigenvalue weighted by molar-refractivity contribution is 7.88. The maximum absolute atomic E-state index is 11.4. The molecule has 0 spiro atoms. The molecule has 62 valence electrons. The topological polar surface area (TPSA) is 17.1 Å². The summed E-state index contributed by atoms with van der Waals surface area (Å²) in [6.07, 6.45) is 3.30. The zero-order chi connectivity index (χ0) is 8.81. The molecule has 1 aromatic rings. The molecule has 0 aliphatic carbocycles. The highest BCUT2D eigenvalue weighted by Crippen LogP contribution is 2.05. The standard InChI is InChI=1S/C10H10OS/c1-2-3-9-12(11)10-7-5-4-6-8-10/h2-9H,1H2/b9-3+. The van der Waals surface area contributed by atoms with E-state index in [9.17, 15) is 4.21 Å². The van der Waals surface area contributed by atoms with Crippen molar-refractivity contribution in [1.29, 1.82) is 0 Å². The first-order chi connectivity index (χ1) is 5.84. The summed E-state index contributed by atoms with van der Waals surface area (Å²) >= 11 is 0. The zero-order valence-electron chi connectivity index (χ0n) is 6.64.